The van der Waals surface area contributed by atoms with Crippen molar-refractivity contribution in [1.29, 1.82) is 5.26 Å². The van der Waals surface area contributed by atoms with Crippen LogP contribution in [-0.2, 0) is 11.3 Å². The van der Waals surface area contributed by atoms with Crippen LogP contribution in [0.15, 0.2) is 30.6 Å². The average Bonchev–Trinajstić information content (AvgIpc) is 2.80. The molecular weight excluding hydrogens is 254 g/mol. The molecule has 0 bridgehead atoms. The summed E-state index contributed by atoms with van der Waals surface area (Å²) in [6.45, 7) is -0.0279. The molecule has 18 heavy (non-hydrogen) atoms. The molecule has 0 aliphatic carbocycles. The lowest BCUT2D eigenvalue weighted by atomic mass is 10.3. The first-order valence-electron chi connectivity index (χ1n) is 5.03. The lowest BCUT2D eigenvalue weighted by Crippen LogP contribution is -2.19. The van der Waals surface area contributed by atoms with E-state index in [9.17, 15) is 4.79 Å². The maximum atomic E-state index is 11.7. The van der Waals surface area contributed by atoms with Gasteiger partial charge in [-0.05, 0) is 12.1 Å². The van der Waals surface area contributed by atoms with Crippen LogP contribution in [0.4, 0.5) is 5.69 Å². The van der Waals surface area contributed by atoms with Gasteiger partial charge < -0.3 is 5.32 Å². The van der Waals surface area contributed by atoms with Gasteiger partial charge in [-0.1, -0.05) is 23.7 Å². The van der Waals surface area contributed by atoms with Crippen molar-refractivity contribution in [2.45, 2.75) is 6.54 Å². The number of aromatic nitrogens is 3. The van der Waals surface area contributed by atoms with E-state index in [-0.39, 0.29) is 18.3 Å². The molecule has 0 radical (unpaired) electrons. The summed E-state index contributed by atoms with van der Waals surface area (Å²) in [4.78, 5) is 15.4. The Kier molecular flexibility index (Phi) is 3.55. The predicted molar refractivity (Wildman–Crippen MR) is 64.8 cm³/mol. The van der Waals surface area contributed by atoms with Crippen LogP contribution < -0.4 is 5.32 Å². The number of para-hydroxylation sites is 1. The van der Waals surface area contributed by atoms with Crippen molar-refractivity contribution in [3.63, 3.8) is 0 Å². The van der Waals surface area contributed by atoms with E-state index in [0.29, 0.717) is 10.7 Å². The smallest absolute Gasteiger partial charge is 0.252 e. The third-order valence-corrected chi connectivity index (χ3v) is 2.42. The summed E-state index contributed by atoms with van der Waals surface area (Å²) in [6, 6.07) is 8.70. The van der Waals surface area contributed by atoms with Gasteiger partial charge >= 0.3 is 0 Å². The molecule has 0 aliphatic rings. The van der Waals surface area contributed by atoms with E-state index in [1.807, 2.05) is 0 Å². The van der Waals surface area contributed by atoms with E-state index >= 15 is 0 Å². The van der Waals surface area contributed by atoms with Crippen molar-refractivity contribution >= 4 is 23.2 Å². The highest BCUT2D eigenvalue weighted by molar-refractivity contribution is 6.33. The molecular formula is C11H8ClN5O. The van der Waals surface area contributed by atoms with Gasteiger partial charge in [-0.3, -0.25) is 4.79 Å². The molecule has 2 rings (SSSR count). The normalized spacial score (nSPS) is 9.78. The number of hydrogen-bond donors (Lipinski definition) is 1. The summed E-state index contributed by atoms with van der Waals surface area (Å²) >= 11 is 5.91. The zero-order valence-corrected chi connectivity index (χ0v) is 9.92. The molecule has 0 saturated carbocycles. The number of hydrogen-bond acceptors (Lipinski definition) is 4. The first-order valence-corrected chi connectivity index (χ1v) is 5.41. The van der Waals surface area contributed by atoms with Gasteiger partial charge in [0, 0.05) is 0 Å². The Labute approximate surface area is 108 Å². The third-order valence-electron chi connectivity index (χ3n) is 2.09. The van der Waals surface area contributed by atoms with E-state index in [2.05, 4.69) is 15.4 Å². The van der Waals surface area contributed by atoms with Crippen molar-refractivity contribution in [3.8, 4) is 6.07 Å². The van der Waals surface area contributed by atoms with Gasteiger partial charge in [0.05, 0.1) is 10.7 Å². The first kappa shape index (κ1) is 12.1. The summed E-state index contributed by atoms with van der Waals surface area (Å²) in [5.41, 5.74) is 0.532. The van der Waals surface area contributed by atoms with Crippen LogP contribution in [0.25, 0.3) is 0 Å². The number of carbonyl (C=O) groups excluding carboxylic acids is 1. The molecule has 6 nitrogen and oxygen atoms in total. The van der Waals surface area contributed by atoms with Crippen LogP contribution in [0.1, 0.15) is 5.82 Å². The molecule has 1 aromatic heterocycles. The molecule has 0 fully saturated rings. The average molecular weight is 262 g/mol. The van der Waals surface area contributed by atoms with Crippen molar-refractivity contribution in [2.24, 2.45) is 0 Å². The lowest BCUT2D eigenvalue weighted by molar-refractivity contribution is -0.116. The maximum absolute atomic E-state index is 11.7. The van der Waals surface area contributed by atoms with Gasteiger partial charge in [0.25, 0.3) is 5.82 Å². The monoisotopic (exact) mass is 261 g/mol. The molecule has 7 heteroatoms. The van der Waals surface area contributed by atoms with Crippen LogP contribution in [0.3, 0.4) is 0 Å². The molecule has 1 aromatic carbocycles. The van der Waals surface area contributed by atoms with E-state index in [0.717, 1.165) is 0 Å². The SMILES string of the molecule is N#Cc1ncn(CC(=O)Nc2ccccc2Cl)n1. The Hall–Kier alpha value is -2.39. The lowest BCUT2D eigenvalue weighted by Gasteiger charge is -2.06. The van der Waals surface area contributed by atoms with Gasteiger partial charge in [-0.15, -0.1) is 5.10 Å². The molecule has 1 amide bonds. The molecule has 0 saturated heterocycles. The minimum Gasteiger partial charge on any atom is -0.323 e. The Morgan fingerprint density at radius 2 is 2.28 bits per heavy atom. The van der Waals surface area contributed by atoms with Crippen LogP contribution >= 0.6 is 11.6 Å². The van der Waals surface area contributed by atoms with Crippen LogP contribution in [-0.4, -0.2) is 20.7 Å². The molecule has 0 aliphatic heterocycles. The third kappa shape index (κ3) is 2.84. The van der Waals surface area contributed by atoms with Crippen molar-refractivity contribution in [2.75, 3.05) is 5.32 Å². The zero-order valence-electron chi connectivity index (χ0n) is 9.17. The molecule has 1 N–H and O–H groups in total. The summed E-state index contributed by atoms with van der Waals surface area (Å²) in [6.07, 6.45) is 1.32. The fourth-order valence-electron chi connectivity index (χ4n) is 1.32. The molecule has 0 unspecified atom stereocenters. The minimum absolute atomic E-state index is 0.0279. The fourth-order valence-corrected chi connectivity index (χ4v) is 1.50. The summed E-state index contributed by atoms with van der Waals surface area (Å²) in [5, 5.41) is 15.4. The highest BCUT2D eigenvalue weighted by Gasteiger charge is 2.07. The Balaban J connectivity index is 2.01. The molecule has 2 aromatic rings. The number of nitrogens with zero attached hydrogens (tertiary/aromatic N) is 4. The van der Waals surface area contributed by atoms with Gasteiger partial charge in [0.2, 0.25) is 5.91 Å². The second-order valence-corrected chi connectivity index (χ2v) is 3.81. The molecule has 0 atom stereocenters. The fraction of sp³-hybridized carbons (Fsp3) is 0.0909. The Morgan fingerprint density at radius 3 is 2.94 bits per heavy atom. The first-order chi connectivity index (χ1) is 8.69. The second-order valence-electron chi connectivity index (χ2n) is 3.41. The number of rotatable bonds is 3. The van der Waals surface area contributed by atoms with Crippen molar-refractivity contribution < 1.29 is 4.79 Å². The van der Waals surface area contributed by atoms with E-state index < -0.39 is 0 Å². The number of amides is 1. The number of halogens is 1. The largest absolute Gasteiger partial charge is 0.323 e. The molecule has 0 spiro atoms. The quantitative estimate of drug-likeness (QED) is 0.906. The Bertz CT molecular complexity index is 616. The minimum atomic E-state index is -0.294. The van der Waals surface area contributed by atoms with Crippen molar-refractivity contribution in [1.82, 2.24) is 14.8 Å². The topological polar surface area (TPSA) is 83.6 Å². The van der Waals surface area contributed by atoms with Gasteiger partial charge in [0.15, 0.2) is 0 Å². The van der Waals surface area contributed by atoms with Crippen LogP contribution in [0.5, 0.6) is 0 Å². The van der Waals surface area contributed by atoms with Gasteiger partial charge in [-0.25, -0.2) is 9.67 Å². The van der Waals surface area contributed by atoms with E-state index in [1.165, 1.54) is 11.0 Å². The number of carbonyl (C=O) groups is 1. The van der Waals surface area contributed by atoms with Crippen LogP contribution in [0, 0.1) is 11.3 Å². The second kappa shape index (κ2) is 5.29. The van der Waals surface area contributed by atoms with Crippen molar-refractivity contribution in [3.05, 3.63) is 41.4 Å². The number of nitrogens with one attached hydrogen (secondary N) is 1. The van der Waals surface area contributed by atoms with Gasteiger partial charge in [0.1, 0.15) is 18.9 Å². The summed E-state index contributed by atoms with van der Waals surface area (Å²) in [5.74, 6) is -0.266. The predicted octanol–water partition coefficient (Wildman–Crippen LogP) is 1.44. The molecule has 1 heterocycles. The highest BCUT2D eigenvalue weighted by atomic mass is 35.5. The summed E-state index contributed by atoms with van der Waals surface area (Å²) in [7, 11) is 0. The standard InChI is InChI=1S/C11H8ClN5O/c12-8-3-1-2-4-9(8)15-11(18)6-17-7-14-10(5-13)16-17/h1-4,7H,6H2,(H,15,18). The maximum Gasteiger partial charge on any atom is 0.252 e. The number of benzene rings is 1. The zero-order chi connectivity index (χ0) is 13.0. The van der Waals surface area contributed by atoms with E-state index in [4.69, 9.17) is 16.9 Å². The number of anilines is 1. The summed E-state index contributed by atoms with van der Waals surface area (Å²) < 4.78 is 1.28. The van der Waals surface area contributed by atoms with E-state index in [1.54, 1.807) is 30.3 Å². The Morgan fingerprint density at radius 1 is 1.50 bits per heavy atom. The number of nitriles is 1. The highest BCUT2D eigenvalue weighted by Crippen LogP contribution is 2.20. The van der Waals surface area contributed by atoms with Gasteiger partial charge in [-0.2, -0.15) is 5.26 Å². The van der Waals surface area contributed by atoms with Crippen LogP contribution in [0.2, 0.25) is 5.02 Å². The molecule has 90 valence electrons.